The Kier molecular flexibility index (Phi) is 4.31. The van der Waals surface area contributed by atoms with Gasteiger partial charge in [0.25, 0.3) is 0 Å². The van der Waals surface area contributed by atoms with E-state index in [1.807, 2.05) is 12.2 Å². The lowest BCUT2D eigenvalue weighted by atomic mass is 10.4. The first-order valence-corrected chi connectivity index (χ1v) is 6.95. The van der Waals surface area contributed by atoms with E-state index >= 15 is 0 Å². The van der Waals surface area contributed by atoms with Gasteiger partial charge in [0, 0.05) is 19.5 Å². The zero-order valence-corrected chi connectivity index (χ0v) is 11.2. The first-order chi connectivity index (χ1) is 8.31. The van der Waals surface area contributed by atoms with Crippen LogP contribution in [0.3, 0.4) is 0 Å². The molecule has 0 spiro atoms. The van der Waals surface area contributed by atoms with Gasteiger partial charge in [0.1, 0.15) is 0 Å². The van der Waals surface area contributed by atoms with Crippen molar-refractivity contribution >= 4 is 34.8 Å². The molecular weight excluding hydrogens is 248 g/mol. The molecule has 0 aliphatic carbocycles. The third-order valence-corrected chi connectivity index (χ3v) is 4.37. The fourth-order valence-corrected chi connectivity index (χ4v) is 3.02. The van der Waals surface area contributed by atoms with Gasteiger partial charge in [-0.05, 0) is 24.3 Å². The third-order valence-electron chi connectivity index (χ3n) is 2.26. The van der Waals surface area contributed by atoms with E-state index in [0.29, 0.717) is 13.2 Å². The molecule has 88 valence electrons. The number of rotatable bonds is 6. The lowest BCUT2D eigenvalue weighted by Gasteiger charge is -1.99. The molecule has 0 saturated carbocycles. The zero-order valence-electron chi connectivity index (χ0n) is 9.52. The molecule has 2 aromatic heterocycles. The Morgan fingerprint density at radius 2 is 1.35 bits per heavy atom. The predicted octanol–water partition coefficient (Wildman–Crippen LogP) is 4.81. The fraction of sp³-hybridized carbons (Fsp3) is 0.143. The highest BCUT2D eigenvalue weighted by Crippen LogP contribution is 2.21. The Bertz CT molecular complexity index is 462. The van der Waals surface area contributed by atoms with E-state index in [0.717, 1.165) is 0 Å². The molecule has 2 rings (SSSR count). The van der Waals surface area contributed by atoms with E-state index in [1.54, 1.807) is 22.7 Å². The van der Waals surface area contributed by atoms with Crippen molar-refractivity contribution in [1.82, 2.24) is 0 Å². The summed E-state index contributed by atoms with van der Waals surface area (Å²) in [5.74, 6) is 0. The van der Waals surface area contributed by atoms with Gasteiger partial charge in [-0.3, -0.25) is 0 Å². The lowest BCUT2D eigenvalue weighted by molar-refractivity contribution is 0.111. The number of hydrogen-bond acceptors (Lipinski definition) is 3. The molecule has 0 bridgehead atoms. The average Bonchev–Trinajstić information content (AvgIpc) is 2.97. The van der Waals surface area contributed by atoms with Crippen molar-refractivity contribution in [3.8, 4) is 0 Å². The normalized spacial score (nSPS) is 10.4. The van der Waals surface area contributed by atoms with Gasteiger partial charge in [0.2, 0.25) is 0 Å². The molecular formula is C14H14OS2. The first kappa shape index (κ1) is 12.3. The second-order valence-corrected chi connectivity index (χ2v) is 5.91. The first-order valence-electron chi connectivity index (χ1n) is 5.32. The number of ether oxygens (including phenoxy) is 1. The Balaban J connectivity index is 1.82. The molecule has 2 heterocycles. The minimum Gasteiger partial charge on any atom is -0.370 e. The van der Waals surface area contributed by atoms with Gasteiger partial charge in [-0.2, -0.15) is 0 Å². The van der Waals surface area contributed by atoms with Crippen LogP contribution in [0.2, 0.25) is 0 Å². The van der Waals surface area contributed by atoms with Gasteiger partial charge in [-0.25, -0.2) is 0 Å². The van der Waals surface area contributed by atoms with Crippen LogP contribution in [0, 0.1) is 0 Å². The maximum Gasteiger partial charge on any atom is 0.0814 e. The molecule has 0 saturated heterocycles. The third kappa shape index (κ3) is 3.40. The molecule has 0 N–H and O–H groups in total. The lowest BCUT2D eigenvalue weighted by Crippen LogP contribution is -1.89. The predicted molar refractivity (Wildman–Crippen MR) is 77.3 cm³/mol. The summed E-state index contributed by atoms with van der Waals surface area (Å²) in [7, 11) is 0. The van der Waals surface area contributed by atoms with Crippen molar-refractivity contribution < 1.29 is 4.74 Å². The fourth-order valence-electron chi connectivity index (χ4n) is 1.42. The van der Waals surface area contributed by atoms with E-state index in [-0.39, 0.29) is 0 Å². The van der Waals surface area contributed by atoms with Crippen LogP contribution in [-0.4, -0.2) is 0 Å². The molecule has 3 heteroatoms. The monoisotopic (exact) mass is 262 g/mol. The highest BCUT2D eigenvalue weighted by Gasteiger charge is 2.00. The second-order valence-electron chi connectivity index (χ2n) is 3.51. The average molecular weight is 262 g/mol. The smallest absolute Gasteiger partial charge is 0.0814 e. The van der Waals surface area contributed by atoms with Crippen LogP contribution >= 0.6 is 22.7 Å². The molecule has 0 aliphatic rings. The van der Waals surface area contributed by atoms with Gasteiger partial charge in [0.05, 0.1) is 13.2 Å². The van der Waals surface area contributed by atoms with Gasteiger partial charge < -0.3 is 4.74 Å². The van der Waals surface area contributed by atoms with Crippen LogP contribution in [0.1, 0.15) is 19.5 Å². The van der Waals surface area contributed by atoms with E-state index in [1.165, 1.54) is 19.5 Å². The molecule has 0 unspecified atom stereocenters. The highest BCUT2D eigenvalue weighted by atomic mass is 32.1. The summed E-state index contributed by atoms with van der Waals surface area (Å²) in [6.45, 7) is 8.83. The van der Waals surface area contributed by atoms with Crippen molar-refractivity contribution in [2.45, 2.75) is 13.2 Å². The van der Waals surface area contributed by atoms with Crippen molar-refractivity contribution in [3.63, 3.8) is 0 Å². The van der Waals surface area contributed by atoms with Crippen molar-refractivity contribution in [2.75, 3.05) is 0 Å². The van der Waals surface area contributed by atoms with E-state index < -0.39 is 0 Å². The molecule has 2 aromatic rings. The van der Waals surface area contributed by atoms with Gasteiger partial charge in [-0.1, -0.05) is 25.3 Å². The van der Waals surface area contributed by atoms with Crippen LogP contribution in [0.15, 0.2) is 37.4 Å². The van der Waals surface area contributed by atoms with Crippen LogP contribution in [0.5, 0.6) is 0 Å². The molecule has 0 fully saturated rings. The Morgan fingerprint density at radius 1 is 0.882 bits per heavy atom. The number of thiophene rings is 2. The molecule has 0 aliphatic heterocycles. The van der Waals surface area contributed by atoms with E-state index in [9.17, 15) is 0 Å². The maximum absolute atomic E-state index is 5.67. The van der Waals surface area contributed by atoms with Crippen LogP contribution in [0.25, 0.3) is 12.2 Å². The summed E-state index contributed by atoms with van der Waals surface area (Å²) in [5.41, 5.74) is 0. The quantitative estimate of drug-likeness (QED) is 0.725. The van der Waals surface area contributed by atoms with E-state index in [2.05, 4.69) is 37.4 Å². The summed E-state index contributed by atoms with van der Waals surface area (Å²) < 4.78 is 5.67. The maximum atomic E-state index is 5.67. The van der Waals surface area contributed by atoms with Crippen LogP contribution < -0.4 is 0 Å². The molecule has 0 radical (unpaired) electrons. The molecule has 0 atom stereocenters. The van der Waals surface area contributed by atoms with Crippen LogP contribution in [0.4, 0.5) is 0 Å². The van der Waals surface area contributed by atoms with Crippen molar-refractivity contribution in [2.24, 2.45) is 0 Å². The molecule has 17 heavy (non-hydrogen) atoms. The second kappa shape index (κ2) is 5.96. The SMILES string of the molecule is C=Cc1ccc(COCc2ccc(C=C)s2)s1. The van der Waals surface area contributed by atoms with Gasteiger partial charge >= 0.3 is 0 Å². The number of hydrogen-bond donors (Lipinski definition) is 0. The van der Waals surface area contributed by atoms with Crippen molar-refractivity contribution in [1.29, 1.82) is 0 Å². The minimum atomic E-state index is 0.666. The largest absolute Gasteiger partial charge is 0.370 e. The minimum absolute atomic E-state index is 0.666. The Labute approximate surface area is 110 Å². The topological polar surface area (TPSA) is 9.23 Å². The molecule has 1 nitrogen and oxygen atoms in total. The summed E-state index contributed by atoms with van der Waals surface area (Å²) in [6.07, 6.45) is 3.73. The summed E-state index contributed by atoms with van der Waals surface area (Å²) in [6, 6.07) is 8.31. The summed E-state index contributed by atoms with van der Waals surface area (Å²) >= 11 is 3.44. The Morgan fingerprint density at radius 3 is 1.71 bits per heavy atom. The van der Waals surface area contributed by atoms with Gasteiger partial charge in [-0.15, -0.1) is 22.7 Å². The van der Waals surface area contributed by atoms with E-state index in [4.69, 9.17) is 4.74 Å². The Hall–Kier alpha value is -1.16. The standard InChI is InChI=1S/C14H14OS2/c1-3-11-5-7-13(16-11)9-15-10-14-8-6-12(4-2)17-14/h3-8H,1-2,9-10H2. The highest BCUT2D eigenvalue weighted by molar-refractivity contribution is 7.13. The van der Waals surface area contributed by atoms with Crippen LogP contribution in [-0.2, 0) is 18.0 Å². The molecule has 0 amide bonds. The summed E-state index contributed by atoms with van der Waals surface area (Å²) in [4.78, 5) is 4.85. The zero-order chi connectivity index (χ0) is 12.1. The van der Waals surface area contributed by atoms with Gasteiger partial charge in [0.15, 0.2) is 0 Å². The summed E-state index contributed by atoms with van der Waals surface area (Å²) in [5, 5.41) is 0. The molecule has 0 aromatic carbocycles. The van der Waals surface area contributed by atoms with Crippen molar-refractivity contribution in [3.05, 3.63) is 56.9 Å².